The third-order valence-electron chi connectivity index (χ3n) is 7.40. The van der Waals surface area contributed by atoms with Crippen molar-refractivity contribution in [2.45, 2.75) is 31.5 Å². The van der Waals surface area contributed by atoms with E-state index in [1.807, 2.05) is 36.7 Å². The molecule has 0 aliphatic carbocycles. The van der Waals surface area contributed by atoms with E-state index in [-0.39, 0.29) is 11.4 Å². The number of aromatic nitrogens is 2. The Morgan fingerprint density at radius 2 is 2.03 bits per heavy atom. The molecule has 2 unspecified atom stereocenters. The van der Waals surface area contributed by atoms with E-state index in [1.54, 1.807) is 25.6 Å². The maximum atomic E-state index is 13.7. The predicted octanol–water partition coefficient (Wildman–Crippen LogP) is 3.99. The maximum Gasteiger partial charge on any atom is 0.234 e. The van der Waals surface area contributed by atoms with E-state index in [0.717, 1.165) is 52.6 Å². The number of halogens is 1. The monoisotopic (exact) mass is 503 g/mol. The minimum atomic E-state index is -0.866. The lowest BCUT2D eigenvalue weighted by molar-refractivity contribution is -0.106. The lowest BCUT2D eigenvalue weighted by Crippen LogP contribution is -2.66. The zero-order valence-electron chi connectivity index (χ0n) is 21.2. The van der Waals surface area contributed by atoms with Gasteiger partial charge in [0.1, 0.15) is 11.6 Å². The Hall–Kier alpha value is -3.69. The fourth-order valence-electron chi connectivity index (χ4n) is 5.45. The molecule has 3 aliphatic rings. The smallest absolute Gasteiger partial charge is 0.234 e. The van der Waals surface area contributed by atoms with Crippen LogP contribution in [0.3, 0.4) is 0 Å². The highest BCUT2D eigenvalue weighted by Gasteiger charge is 2.52. The highest BCUT2D eigenvalue weighted by Crippen LogP contribution is 2.43. The molecule has 0 amide bonds. The summed E-state index contributed by atoms with van der Waals surface area (Å²) in [4.78, 5) is 12.6. The lowest BCUT2D eigenvalue weighted by atomic mass is 9.82. The molecule has 8 nitrogen and oxygen atoms in total. The van der Waals surface area contributed by atoms with Crippen LogP contribution in [-0.2, 0) is 15.3 Å². The Morgan fingerprint density at radius 3 is 2.73 bits per heavy atom. The van der Waals surface area contributed by atoms with Crippen molar-refractivity contribution >= 4 is 11.9 Å². The van der Waals surface area contributed by atoms with Crippen LogP contribution in [0.1, 0.15) is 30.2 Å². The maximum absolute atomic E-state index is 13.7. The van der Waals surface area contributed by atoms with Crippen LogP contribution < -0.4 is 10.1 Å². The average Bonchev–Trinajstić information content (AvgIpc) is 3.48. The van der Waals surface area contributed by atoms with Gasteiger partial charge in [0.15, 0.2) is 5.84 Å². The van der Waals surface area contributed by atoms with Crippen molar-refractivity contribution in [2.24, 2.45) is 5.16 Å². The SMILES string of the molecule is COc1cc(C=C2CC3(COCCN3)CN3C2=NOC3(C)c2ccc(F)cc2)ccc1-n1cnc(C)c1. The van der Waals surface area contributed by atoms with E-state index in [0.29, 0.717) is 19.8 Å². The number of piperidine rings is 1. The summed E-state index contributed by atoms with van der Waals surface area (Å²) in [5, 5.41) is 8.25. The van der Waals surface area contributed by atoms with Gasteiger partial charge in [-0.15, -0.1) is 0 Å². The zero-order valence-corrected chi connectivity index (χ0v) is 21.2. The van der Waals surface area contributed by atoms with Gasteiger partial charge in [-0.3, -0.25) is 0 Å². The van der Waals surface area contributed by atoms with Gasteiger partial charge >= 0.3 is 0 Å². The van der Waals surface area contributed by atoms with Crippen molar-refractivity contribution in [3.8, 4) is 11.4 Å². The van der Waals surface area contributed by atoms with Gasteiger partial charge in [0.05, 0.1) is 43.6 Å². The number of nitrogens with one attached hydrogen (secondary N) is 1. The summed E-state index contributed by atoms with van der Waals surface area (Å²) in [7, 11) is 1.67. The molecule has 3 aliphatic heterocycles. The number of hydrogen-bond acceptors (Lipinski definition) is 7. The first-order chi connectivity index (χ1) is 17.9. The van der Waals surface area contributed by atoms with Gasteiger partial charge in [-0.2, -0.15) is 0 Å². The average molecular weight is 504 g/mol. The molecular formula is C28H30FN5O3. The van der Waals surface area contributed by atoms with Gasteiger partial charge in [-0.25, -0.2) is 9.37 Å². The normalized spacial score (nSPS) is 26.2. The van der Waals surface area contributed by atoms with Gasteiger partial charge in [0.25, 0.3) is 0 Å². The van der Waals surface area contributed by atoms with Crippen LogP contribution in [0.5, 0.6) is 5.75 Å². The Balaban J connectivity index is 1.39. The van der Waals surface area contributed by atoms with Crippen LogP contribution in [0, 0.1) is 12.7 Å². The summed E-state index contributed by atoms with van der Waals surface area (Å²) in [5.41, 5.74) is 3.54. The summed E-state index contributed by atoms with van der Waals surface area (Å²) < 4.78 is 27.3. The molecule has 192 valence electrons. The molecule has 0 radical (unpaired) electrons. The minimum Gasteiger partial charge on any atom is -0.495 e. The number of rotatable bonds is 4. The molecule has 0 saturated carbocycles. The van der Waals surface area contributed by atoms with Gasteiger partial charge in [-0.05, 0) is 49.2 Å². The number of nitrogens with zero attached hydrogens (tertiary/aromatic N) is 4. The number of benzene rings is 2. The van der Waals surface area contributed by atoms with Crippen LogP contribution in [0.25, 0.3) is 11.8 Å². The molecule has 1 N–H and O–H groups in total. The van der Waals surface area contributed by atoms with Crippen molar-refractivity contribution in [3.63, 3.8) is 0 Å². The lowest BCUT2D eigenvalue weighted by Gasteiger charge is -2.48. The zero-order chi connectivity index (χ0) is 25.6. The Kier molecular flexibility index (Phi) is 5.77. The van der Waals surface area contributed by atoms with Crippen molar-refractivity contribution < 1.29 is 18.7 Å². The Morgan fingerprint density at radius 1 is 1.19 bits per heavy atom. The molecule has 2 atom stereocenters. The number of amidine groups is 1. The molecule has 3 aromatic rings. The number of morpholine rings is 1. The standard InChI is InChI=1S/C28H30FN5O3/c1-19-15-33(18-30-19)24-9-4-20(13-25(24)35-3)12-21-14-28(17-36-11-10-31-28)16-34-26(21)32-37-27(34,2)22-5-7-23(29)8-6-22/h4-9,12-13,15,18,31H,10-11,14,16-17H2,1-3H3. The quantitative estimate of drug-likeness (QED) is 0.581. The second-order valence-corrected chi connectivity index (χ2v) is 10.0. The fourth-order valence-corrected chi connectivity index (χ4v) is 5.45. The predicted molar refractivity (Wildman–Crippen MR) is 138 cm³/mol. The number of ether oxygens (including phenoxy) is 2. The summed E-state index contributed by atoms with van der Waals surface area (Å²) in [6, 6.07) is 12.5. The van der Waals surface area contributed by atoms with E-state index in [1.165, 1.54) is 12.1 Å². The first-order valence-electron chi connectivity index (χ1n) is 12.4. The molecular weight excluding hydrogens is 473 g/mol. The summed E-state index contributed by atoms with van der Waals surface area (Å²) in [5.74, 6) is 1.24. The van der Waals surface area contributed by atoms with Crippen LogP contribution in [0.2, 0.25) is 0 Å². The first-order valence-corrected chi connectivity index (χ1v) is 12.4. The van der Waals surface area contributed by atoms with Gasteiger partial charge in [-0.1, -0.05) is 23.4 Å². The highest BCUT2D eigenvalue weighted by atomic mass is 19.1. The molecule has 1 aromatic heterocycles. The Labute approximate surface area is 215 Å². The second kappa shape index (κ2) is 9.00. The molecule has 2 fully saturated rings. The van der Waals surface area contributed by atoms with E-state index in [2.05, 4.69) is 32.5 Å². The van der Waals surface area contributed by atoms with Crippen molar-refractivity contribution in [1.82, 2.24) is 19.8 Å². The van der Waals surface area contributed by atoms with E-state index in [9.17, 15) is 4.39 Å². The highest BCUT2D eigenvalue weighted by molar-refractivity contribution is 6.04. The van der Waals surface area contributed by atoms with Gasteiger partial charge in [0.2, 0.25) is 5.72 Å². The summed E-state index contributed by atoms with van der Waals surface area (Å²) in [6.45, 7) is 6.62. The third kappa shape index (κ3) is 4.18. The molecule has 2 saturated heterocycles. The molecule has 6 rings (SSSR count). The van der Waals surface area contributed by atoms with Crippen molar-refractivity contribution in [1.29, 1.82) is 0 Å². The molecule has 1 spiro atoms. The molecule has 9 heteroatoms. The fraction of sp³-hybridized carbons (Fsp3) is 0.357. The molecule has 0 bridgehead atoms. The summed E-state index contributed by atoms with van der Waals surface area (Å²) in [6.07, 6.45) is 6.61. The van der Waals surface area contributed by atoms with Crippen LogP contribution in [0.4, 0.5) is 4.39 Å². The van der Waals surface area contributed by atoms with Crippen molar-refractivity contribution in [3.05, 3.63) is 83.2 Å². The van der Waals surface area contributed by atoms with Crippen molar-refractivity contribution in [2.75, 3.05) is 33.4 Å². The first kappa shape index (κ1) is 23.7. The van der Waals surface area contributed by atoms with Crippen LogP contribution >= 0.6 is 0 Å². The third-order valence-corrected chi connectivity index (χ3v) is 7.40. The van der Waals surface area contributed by atoms with Crippen LogP contribution in [-0.4, -0.2) is 59.2 Å². The summed E-state index contributed by atoms with van der Waals surface area (Å²) >= 11 is 0. The molecule has 37 heavy (non-hydrogen) atoms. The number of aryl methyl sites for hydroxylation is 1. The largest absolute Gasteiger partial charge is 0.495 e. The van der Waals surface area contributed by atoms with Crippen LogP contribution in [0.15, 0.2) is 65.7 Å². The minimum absolute atomic E-state index is 0.284. The molecule has 2 aromatic carbocycles. The number of fused-ring (bicyclic) bond motifs is 1. The van der Waals surface area contributed by atoms with Gasteiger partial charge < -0.3 is 29.1 Å². The van der Waals surface area contributed by atoms with E-state index >= 15 is 0 Å². The van der Waals surface area contributed by atoms with Gasteiger partial charge in [0, 0.05) is 37.3 Å². The second-order valence-electron chi connectivity index (χ2n) is 10.0. The number of oxime groups is 1. The number of methoxy groups -OCH3 is 1. The van der Waals surface area contributed by atoms with E-state index < -0.39 is 5.72 Å². The molecule has 4 heterocycles. The topological polar surface area (TPSA) is 73.1 Å². The number of hydrogen-bond donors (Lipinski definition) is 1. The number of imidazole rings is 1. The Bertz CT molecular complexity index is 1380. The van der Waals surface area contributed by atoms with E-state index in [4.69, 9.17) is 14.3 Å².